The number of carbonyl (C=O) groups is 1. The molecule has 1 fully saturated rings. The van der Waals surface area contributed by atoms with Crippen molar-refractivity contribution in [3.8, 4) is 11.5 Å². The van der Waals surface area contributed by atoms with Crippen molar-refractivity contribution in [2.75, 3.05) is 13.2 Å². The maximum absolute atomic E-state index is 12.0. The Morgan fingerprint density at radius 2 is 1.78 bits per heavy atom. The normalized spacial score (nSPS) is 15.5. The van der Waals surface area contributed by atoms with Gasteiger partial charge in [0.1, 0.15) is 0 Å². The first-order valence-corrected chi connectivity index (χ1v) is 7.93. The van der Waals surface area contributed by atoms with Gasteiger partial charge >= 0.3 is 0 Å². The molecule has 0 spiro atoms. The zero-order chi connectivity index (χ0) is 16.1. The van der Waals surface area contributed by atoms with Crippen molar-refractivity contribution in [3.63, 3.8) is 0 Å². The minimum absolute atomic E-state index is 0.0417. The van der Waals surface area contributed by atoms with Crippen molar-refractivity contribution in [1.29, 1.82) is 0 Å². The van der Waals surface area contributed by atoms with Crippen LogP contribution in [0.3, 0.4) is 0 Å². The predicted molar refractivity (Wildman–Crippen MR) is 88.6 cm³/mol. The number of nitrogens with one attached hydrogen (secondary N) is 1. The fourth-order valence-electron chi connectivity index (χ4n) is 3.00. The molecule has 4 nitrogen and oxygen atoms in total. The van der Waals surface area contributed by atoms with Gasteiger partial charge in [-0.05, 0) is 30.5 Å². The van der Waals surface area contributed by atoms with Crippen LogP contribution in [0.5, 0.6) is 11.5 Å². The van der Waals surface area contributed by atoms with Crippen LogP contribution >= 0.6 is 0 Å². The van der Waals surface area contributed by atoms with Crippen LogP contribution in [0, 0.1) is 0 Å². The number of phenols is 1. The lowest BCUT2D eigenvalue weighted by Crippen LogP contribution is -2.46. The van der Waals surface area contributed by atoms with Gasteiger partial charge < -0.3 is 15.2 Å². The molecular weight excluding hydrogens is 290 g/mol. The van der Waals surface area contributed by atoms with Crippen LogP contribution in [-0.4, -0.2) is 24.2 Å². The Morgan fingerprint density at radius 3 is 2.43 bits per heavy atom. The van der Waals surface area contributed by atoms with Crippen LogP contribution in [-0.2, 0) is 10.2 Å². The molecule has 1 amide bonds. The maximum Gasteiger partial charge on any atom is 0.257 e. The lowest BCUT2D eigenvalue weighted by Gasteiger charge is -2.42. The minimum Gasteiger partial charge on any atom is -0.504 e. The van der Waals surface area contributed by atoms with Crippen molar-refractivity contribution in [3.05, 3.63) is 60.2 Å². The number of amides is 1. The van der Waals surface area contributed by atoms with Gasteiger partial charge in [-0.1, -0.05) is 48.9 Å². The third-order valence-electron chi connectivity index (χ3n) is 4.54. The molecule has 0 unspecified atom stereocenters. The Bertz CT molecular complexity index is 665. The van der Waals surface area contributed by atoms with Crippen LogP contribution in [0.4, 0.5) is 0 Å². The Labute approximate surface area is 136 Å². The summed E-state index contributed by atoms with van der Waals surface area (Å²) in [6.45, 7) is 0.530. The second-order valence-electron chi connectivity index (χ2n) is 6.03. The topological polar surface area (TPSA) is 58.6 Å². The summed E-state index contributed by atoms with van der Waals surface area (Å²) in [6, 6.07) is 17.0. The summed E-state index contributed by atoms with van der Waals surface area (Å²) >= 11 is 0. The Kier molecular flexibility index (Phi) is 4.51. The van der Waals surface area contributed by atoms with E-state index in [1.165, 1.54) is 18.1 Å². The molecule has 0 aliphatic heterocycles. The molecule has 1 saturated carbocycles. The molecule has 2 N–H and O–H groups in total. The number of hydrogen-bond acceptors (Lipinski definition) is 3. The first kappa shape index (κ1) is 15.4. The van der Waals surface area contributed by atoms with E-state index in [0.29, 0.717) is 12.3 Å². The number of phenolic OH excluding ortho intramolecular Hbond substituents is 1. The summed E-state index contributed by atoms with van der Waals surface area (Å²) in [6.07, 6.45) is 3.38. The zero-order valence-electron chi connectivity index (χ0n) is 13.0. The van der Waals surface area contributed by atoms with E-state index in [-0.39, 0.29) is 23.7 Å². The van der Waals surface area contributed by atoms with E-state index in [4.69, 9.17) is 4.74 Å². The number of ether oxygens (including phenoxy) is 1. The molecule has 4 heteroatoms. The summed E-state index contributed by atoms with van der Waals surface area (Å²) < 4.78 is 5.36. The number of benzene rings is 2. The van der Waals surface area contributed by atoms with Gasteiger partial charge in [-0.3, -0.25) is 4.79 Å². The minimum atomic E-state index is -0.171. The van der Waals surface area contributed by atoms with E-state index in [1.807, 2.05) is 18.2 Å². The summed E-state index contributed by atoms with van der Waals surface area (Å²) in [5.74, 6) is 0.194. The summed E-state index contributed by atoms with van der Waals surface area (Å²) in [4.78, 5) is 12.0. The highest BCUT2D eigenvalue weighted by Crippen LogP contribution is 2.43. The van der Waals surface area contributed by atoms with E-state index in [9.17, 15) is 9.90 Å². The second-order valence-corrected chi connectivity index (χ2v) is 6.03. The van der Waals surface area contributed by atoms with Crippen LogP contribution in [0.25, 0.3) is 0 Å². The molecule has 2 aromatic carbocycles. The molecule has 120 valence electrons. The lowest BCUT2D eigenvalue weighted by atomic mass is 9.64. The van der Waals surface area contributed by atoms with E-state index in [1.54, 1.807) is 18.2 Å². The number of carbonyl (C=O) groups excluding carboxylic acids is 1. The standard InChI is InChI=1S/C19H21NO3/c21-16-9-4-5-10-17(16)23-13-18(22)20-14-19(11-6-12-19)15-7-2-1-3-8-15/h1-5,7-10,21H,6,11-14H2,(H,20,22). The van der Waals surface area contributed by atoms with Crippen molar-refractivity contribution >= 4 is 5.91 Å². The Balaban J connectivity index is 1.53. The number of rotatable bonds is 6. The third-order valence-corrected chi connectivity index (χ3v) is 4.54. The average molecular weight is 311 g/mol. The molecule has 0 heterocycles. The van der Waals surface area contributed by atoms with Gasteiger partial charge in [-0.25, -0.2) is 0 Å². The first-order chi connectivity index (χ1) is 11.2. The van der Waals surface area contributed by atoms with Gasteiger partial charge in [0.15, 0.2) is 18.1 Å². The highest BCUT2D eigenvalue weighted by atomic mass is 16.5. The van der Waals surface area contributed by atoms with Crippen LogP contribution in [0.1, 0.15) is 24.8 Å². The van der Waals surface area contributed by atoms with Gasteiger partial charge in [-0.2, -0.15) is 0 Å². The molecular formula is C19H21NO3. The quantitative estimate of drug-likeness (QED) is 0.862. The predicted octanol–water partition coefficient (Wildman–Crippen LogP) is 3.01. The first-order valence-electron chi connectivity index (χ1n) is 7.93. The Hall–Kier alpha value is -2.49. The van der Waals surface area contributed by atoms with E-state index in [2.05, 4.69) is 17.4 Å². The summed E-state index contributed by atoms with van der Waals surface area (Å²) in [5, 5.41) is 12.6. The lowest BCUT2D eigenvalue weighted by molar-refractivity contribution is -0.123. The largest absolute Gasteiger partial charge is 0.504 e. The second kappa shape index (κ2) is 6.73. The molecule has 0 atom stereocenters. The van der Waals surface area contributed by atoms with E-state index >= 15 is 0 Å². The number of para-hydroxylation sites is 2. The van der Waals surface area contributed by atoms with Crippen molar-refractivity contribution in [1.82, 2.24) is 5.32 Å². The third kappa shape index (κ3) is 3.47. The van der Waals surface area contributed by atoms with Crippen LogP contribution < -0.4 is 10.1 Å². The molecule has 0 radical (unpaired) electrons. The van der Waals surface area contributed by atoms with Crippen molar-refractivity contribution in [2.24, 2.45) is 0 Å². The molecule has 0 bridgehead atoms. The SMILES string of the molecule is O=C(COc1ccccc1O)NCC1(c2ccccc2)CCC1. The van der Waals surface area contributed by atoms with Gasteiger partial charge in [0.05, 0.1) is 0 Å². The maximum atomic E-state index is 12.0. The van der Waals surface area contributed by atoms with E-state index < -0.39 is 0 Å². The summed E-state index contributed by atoms with van der Waals surface area (Å²) in [5.41, 5.74) is 1.35. The van der Waals surface area contributed by atoms with Crippen molar-refractivity contribution < 1.29 is 14.6 Å². The molecule has 2 aromatic rings. The molecule has 3 rings (SSSR count). The molecule has 0 aromatic heterocycles. The van der Waals surface area contributed by atoms with Gasteiger partial charge in [0, 0.05) is 12.0 Å². The molecule has 0 saturated heterocycles. The number of aromatic hydroxyl groups is 1. The van der Waals surface area contributed by atoms with E-state index in [0.717, 1.165) is 12.8 Å². The smallest absolute Gasteiger partial charge is 0.257 e. The molecule has 23 heavy (non-hydrogen) atoms. The van der Waals surface area contributed by atoms with Gasteiger partial charge in [-0.15, -0.1) is 0 Å². The van der Waals surface area contributed by atoms with Crippen LogP contribution in [0.15, 0.2) is 54.6 Å². The number of hydrogen-bond donors (Lipinski definition) is 2. The van der Waals surface area contributed by atoms with Crippen LogP contribution in [0.2, 0.25) is 0 Å². The zero-order valence-corrected chi connectivity index (χ0v) is 13.0. The fourth-order valence-corrected chi connectivity index (χ4v) is 3.00. The molecule has 1 aliphatic rings. The molecule has 1 aliphatic carbocycles. The van der Waals surface area contributed by atoms with Gasteiger partial charge in [0.2, 0.25) is 0 Å². The van der Waals surface area contributed by atoms with Gasteiger partial charge in [0.25, 0.3) is 5.91 Å². The fraction of sp³-hybridized carbons (Fsp3) is 0.316. The highest BCUT2D eigenvalue weighted by molar-refractivity contribution is 5.77. The van der Waals surface area contributed by atoms with Crippen molar-refractivity contribution in [2.45, 2.75) is 24.7 Å². The highest BCUT2D eigenvalue weighted by Gasteiger charge is 2.38. The average Bonchev–Trinajstić information content (AvgIpc) is 2.54. The monoisotopic (exact) mass is 311 g/mol. The summed E-state index contributed by atoms with van der Waals surface area (Å²) in [7, 11) is 0. The Morgan fingerprint density at radius 1 is 1.09 bits per heavy atom.